The number of rotatable bonds is 6. The largest absolute Gasteiger partial charge is 0.353 e. The lowest BCUT2D eigenvalue weighted by molar-refractivity contribution is -0.122. The number of benzene rings is 1. The average Bonchev–Trinajstić information content (AvgIpc) is 3.37. The molecule has 2 heterocycles. The van der Waals surface area contributed by atoms with Gasteiger partial charge in [0.25, 0.3) is 5.56 Å². The average molecular weight is 393 g/mol. The molecule has 0 radical (unpaired) electrons. The molecule has 1 aromatic carbocycles. The minimum absolute atomic E-state index is 0.0168. The molecule has 6 nitrogen and oxygen atoms in total. The maximum atomic E-state index is 12.8. The Morgan fingerprint density at radius 3 is 2.59 bits per heavy atom. The predicted molar refractivity (Wildman–Crippen MR) is 114 cm³/mol. The van der Waals surface area contributed by atoms with Crippen LogP contribution in [-0.2, 0) is 11.3 Å². The van der Waals surface area contributed by atoms with Gasteiger partial charge in [0.05, 0.1) is 5.69 Å². The van der Waals surface area contributed by atoms with Crippen molar-refractivity contribution in [2.75, 3.05) is 0 Å². The lowest BCUT2D eigenvalue weighted by Gasteiger charge is -2.12. The van der Waals surface area contributed by atoms with E-state index >= 15 is 0 Å². The summed E-state index contributed by atoms with van der Waals surface area (Å²) in [6.45, 7) is 4.70. The molecular formula is C23H28N4O2. The van der Waals surface area contributed by atoms with Gasteiger partial charge in [-0.1, -0.05) is 51.0 Å². The smallest absolute Gasteiger partial charge is 0.276 e. The van der Waals surface area contributed by atoms with Crippen LogP contribution in [0.2, 0.25) is 0 Å². The van der Waals surface area contributed by atoms with Gasteiger partial charge in [0.2, 0.25) is 5.91 Å². The Morgan fingerprint density at radius 2 is 1.90 bits per heavy atom. The van der Waals surface area contributed by atoms with Crippen LogP contribution in [0.1, 0.15) is 57.4 Å². The van der Waals surface area contributed by atoms with Crippen LogP contribution in [0, 0.1) is 0 Å². The fourth-order valence-corrected chi connectivity index (χ4v) is 3.97. The lowest BCUT2D eigenvalue weighted by atomic mass is 10.0. The van der Waals surface area contributed by atoms with E-state index < -0.39 is 0 Å². The van der Waals surface area contributed by atoms with Gasteiger partial charge in [0.15, 0.2) is 0 Å². The maximum absolute atomic E-state index is 12.8. The minimum atomic E-state index is -0.126. The van der Waals surface area contributed by atoms with Crippen LogP contribution in [0.15, 0.2) is 47.5 Å². The standard InChI is InChI=1S/C23H28N4O2/c1-16(2)17-7-9-18(10-8-17)20-15-21-23(29)26(13-14-27(21)25-20)12-11-22(28)24-19-5-3-4-6-19/h7-10,13-16,19H,3-6,11-12H2,1-2H3,(H,24,28). The van der Waals surface area contributed by atoms with Crippen LogP contribution >= 0.6 is 0 Å². The number of fused-ring (bicyclic) bond motifs is 1. The third-order valence-corrected chi connectivity index (χ3v) is 5.78. The number of amides is 1. The van der Waals surface area contributed by atoms with Crippen LogP contribution < -0.4 is 10.9 Å². The van der Waals surface area contributed by atoms with Gasteiger partial charge in [0, 0.05) is 37.0 Å². The summed E-state index contributed by atoms with van der Waals surface area (Å²) < 4.78 is 3.21. The molecule has 0 saturated heterocycles. The van der Waals surface area contributed by atoms with Gasteiger partial charge >= 0.3 is 0 Å². The van der Waals surface area contributed by atoms with Crippen LogP contribution in [0.25, 0.3) is 16.8 Å². The number of nitrogens with zero attached hydrogens (tertiary/aromatic N) is 3. The monoisotopic (exact) mass is 392 g/mol. The number of aromatic nitrogens is 3. The molecule has 1 aliphatic rings. The number of aryl methyl sites for hydroxylation is 1. The highest BCUT2D eigenvalue weighted by Gasteiger charge is 2.17. The molecule has 0 unspecified atom stereocenters. The SMILES string of the molecule is CC(C)c1ccc(-c2cc3c(=O)n(CCC(=O)NC4CCCC4)ccn3n2)cc1. The quantitative estimate of drug-likeness (QED) is 0.695. The Labute approximate surface area is 170 Å². The molecule has 0 bridgehead atoms. The van der Waals surface area contributed by atoms with Crippen LogP contribution in [0.3, 0.4) is 0 Å². The minimum Gasteiger partial charge on any atom is -0.353 e. The highest BCUT2D eigenvalue weighted by atomic mass is 16.2. The predicted octanol–water partition coefficient (Wildman–Crippen LogP) is 3.74. The lowest BCUT2D eigenvalue weighted by Crippen LogP contribution is -2.34. The van der Waals surface area contributed by atoms with E-state index in [0.29, 0.717) is 30.4 Å². The van der Waals surface area contributed by atoms with Gasteiger partial charge in [-0.2, -0.15) is 5.10 Å². The molecule has 0 atom stereocenters. The van der Waals surface area contributed by atoms with Crippen molar-refractivity contribution in [1.82, 2.24) is 19.5 Å². The van der Waals surface area contributed by atoms with Crippen molar-refractivity contribution in [1.29, 1.82) is 0 Å². The van der Waals surface area contributed by atoms with Crippen molar-refractivity contribution < 1.29 is 4.79 Å². The normalized spacial score (nSPS) is 14.7. The van der Waals surface area contributed by atoms with E-state index in [1.807, 2.05) is 18.2 Å². The van der Waals surface area contributed by atoms with E-state index in [-0.39, 0.29) is 11.5 Å². The number of hydrogen-bond donors (Lipinski definition) is 1. The Balaban J connectivity index is 1.50. The molecule has 2 aromatic heterocycles. The van der Waals surface area contributed by atoms with Crippen molar-refractivity contribution in [3.05, 3.63) is 58.6 Å². The zero-order chi connectivity index (χ0) is 20.4. The van der Waals surface area contributed by atoms with Gasteiger partial charge in [-0.15, -0.1) is 0 Å². The van der Waals surface area contributed by atoms with E-state index in [2.05, 4.69) is 36.4 Å². The first-order chi connectivity index (χ1) is 14.0. The third-order valence-electron chi connectivity index (χ3n) is 5.78. The summed E-state index contributed by atoms with van der Waals surface area (Å²) in [5.74, 6) is 0.492. The number of hydrogen-bond acceptors (Lipinski definition) is 3. The number of carbonyl (C=O) groups is 1. The molecule has 1 saturated carbocycles. The van der Waals surface area contributed by atoms with E-state index in [0.717, 1.165) is 24.1 Å². The van der Waals surface area contributed by atoms with Crippen molar-refractivity contribution in [3.63, 3.8) is 0 Å². The second-order valence-electron chi connectivity index (χ2n) is 8.23. The Morgan fingerprint density at radius 1 is 1.17 bits per heavy atom. The Bertz CT molecular complexity index is 1060. The molecule has 1 aliphatic carbocycles. The van der Waals surface area contributed by atoms with E-state index in [4.69, 9.17) is 0 Å². The Kier molecular flexibility index (Phi) is 5.51. The highest BCUT2D eigenvalue weighted by Crippen LogP contribution is 2.22. The molecule has 152 valence electrons. The maximum Gasteiger partial charge on any atom is 0.276 e. The van der Waals surface area contributed by atoms with Crippen LogP contribution in [-0.4, -0.2) is 26.1 Å². The van der Waals surface area contributed by atoms with E-state index in [1.54, 1.807) is 21.5 Å². The van der Waals surface area contributed by atoms with Crippen molar-refractivity contribution in [2.24, 2.45) is 0 Å². The van der Waals surface area contributed by atoms with Gasteiger partial charge in [-0.3, -0.25) is 9.59 Å². The number of carbonyl (C=O) groups excluding carboxylic acids is 1. The fourth-order valence-electron chi connectivity index (χ4n) is 3.97. The second kappa shape index (κ2) is 8.23. The van der Waals surface area contributed by atoms with Gasteiger partial charge in [-0.25, -0.2) is 4.52 Å². The van der Waals surface area contributed by atoms with Crippen molar-refractivity contribution in [3.8, 4) is 11.3 Å². The topological polar surface area (TPSA) is 68.4 Å². The third kappa shape index (κ3) is 4.26. The summed E-state index contributed by atoms with van der Waals surface area (Å²) in [5, 5.41) is 7.62. The summed E-state index contributed by atoms with van der Waals surface area (Å²) in [7, 11) is 0. The Hall–Kier alpha value is -2.89. The highest BCUT2D eigenvalue weighted by molar-refractivity contribution is 5.76. The molecule has 29 heavy (non-hydrogen) atoms. The fraction of sp³-hybridized carbons (Fsp3) is 0.435. The summed E-state index contributed by atoms with van der Waals surface area (Å²) in [6.07, 6.45) is 8.29. The summed E-state index contributed by atoms with van der Waals surface area (Å²) in [6, 6.07) is 10.4. The van der Waals surface area contributed by atoms with Crippen molar-refractivity contribution >= 4 is 11.4 Å². The van der Waals surface area contributed by atoms with Crippen molar-refractivity contribution in [2.45, 2.75) is 64.5 Å². The molecule has 0 aliphatic heterocycles. The molecule has 0 spiro atoms. The zero-order valence-electron chi connectivity index (χ0n) is 17.1. The number of nitrogens with one attached hydrogen (secondary N) is 1. The molecular weight excluding hydrogens is 364 g/mol. The molecule has 3 aromatic rings. The van der Waals surface area contributed by atoms with E-state index in [1.165, 1.54) is 18.4 Å². The zero-order valence-corrected chi connectivity index (χ0v) is 17.1. The molecule has 6 heteroatoms. The first-order valence-corrected chi connectivity index (χ1v) is 10.5. The van der Waals surface area contributed by atoms with E-state index in [9.17, 15) is 9.59 Å². The van der Waals surface area contributed by atoms with Gasteiger partial charge in [-0.05, 0) is 30.4 Å². The first kappa shape index (κ1) is 19.4. The second-order valence-corrected chi connectivity index (χ2v) is 8.23. The first-order valence-electron chi connectivity index (χ1n) is 10.5. The molecule has 1 fully saturated rings. The molecule has 1 N–H and O–H groups in total. The molecule has 1 amide bonds. The van der Waals surface area contributed by atoms with Gasteiger partial charge < -0.3 is 9.88 Å². The van der Waals surface area contributed by atoms with Crippen LogP contribution in [0.5, 0.6) is 0 Å². The van der Waals surface area contributed by atoms with Crippen LogP contribution in [0.4, 0.5) is 0 Å². The molecule has 4 rings (SSSR count). The van der Waals surface area contributed by atoms with Gasteiger partial charge in [0.1, 0.15) is 5.52 Å². The summed E-state index contributed by atoms with van der Waals surface area (Å²) in [5.41, 5.74) is 3.43. The summed E-state index contributed by atoms with van der Waals surface area (Å²) >= 11 is 0. The summed E-state index contributed by atoms with van der Waals surface area (Å²) in [4.78, 5) is 25.0.